The van der Waals surface area contributed by atoms with Crippen LogP contribution in [0.25, 0.3) is 0 Å². The second kappa shape index (κ2) is 3.90. The van der Waals surface area contributed by atoms with Crippen molar-refractivity contribution in [2.75, 3.05) is 0 Å². The maximum absolute atomic E-state index is 11.9. The minimum Gasteiger partial charge on any atom is -0.443 e. The van der Waals surface area contributed by atoms with Gasteiger partial charge in [-0.3, -0.25) is 14.6 Å². The van der Waals surface area contributed by atoms with E-state index in [1.165, 1.54) is 18.5 Å². The average Bonchev–Trinajstić information content (AvgIpc) is 2.50. The van der Waals surface area contributed by atoms with E-state index in [-0.39, 0.29) is 11.1 Å². The standard InChI is InChI=1S/C12H12N2O4/c1-12(2,3)18-11(17)14-9(15)7-4-5-13-6-8(7)10(14)16/h4-6H,1-3H3. The second-order valence-electron chi connectivity index (χ2n) is 4.85. The van der Waals surface area contributed by atoms with E-state index in [0.29, 0.717) is 4.90 Å². The molecule has 0 saturated carbocycles. The van der Waals surface area contributed by atoms with Gasteiger partial charge in [-0.1, -0.05) is 0 Å². The molecule has 0 fully saturated rings. The molecule has 0 saturated heterocycles. The third-order valence-electron chi connectivity index (χ3n) is 2.26. The summed E-state index contributed by atoms with van der Waals surface area (Å²) in [5.41, 5.74) is -0.487. The molecule has 0 unspecified atom stereocenters. The zero-order chi connectivity index (χ0) is 13.5. The molecule has 94 valence electrons. The highest BCUT2D eigenvalue weighted by Crippen LogP contribution is 2.23. The molecule has 3 amide bonds. The number of fused-ring (bicyclic) bond motifs is 1. The summed E-state index contributed by atoms with van der Waals surface area (Å²) in [5, 5.41) is 0. The summed E-state index contributed by atoms with van der Waals surface area (Å²) < 4.78 is 5.02. The van der Waals surface area contributed by atoms with Crippen LogP contribution in [-0.2, 0) is 4.74 Å². The molecule has 6 heteroatoms. The summed E-state index contributed by atoms with van der Waals surface area (Å²) in [5.74, 6) is -1.37. The number of carbonyl (C=O) groups is 3. The summed E-state index contributed by atoms with van der Waals surface area (Å²) in [4.78, 5) is 39.9. The Morgan fingerprint density at radius 2 is 1.83 bits per heavy atom. The Morgan fingerprint density at radius 1 is 1.22 bits per heavy atom. The smallest absolute Gasteiger partial charge is 0.424 e. The number of imide groups is 3. The Balaban J connectivity index is 2.32. The maximum Gasteiger partial charge on any atom is 0.424 e. The Hall–Kier alpha value is -2.24. The summed E-state index contributed by atoms with van der Waals surface area (Å²) in [6.07, 6.45) is 1.69. The van der Waals surface area contributed by atoms with Gasteiger partial charge < -0.3 is 4.74 Å². The number of hydrogen-bond acceptors (Lipinski definition) is 5. The van der Waals surface area contributed by atoms with Crippen LogP contribution in [0.1, 0.15) is 41.5 Å². The molecule has 0 bridgehead atoms. The zero-order valence-electron chi connectivity index (χ0n) is 10.3. The summed E-state index contributed by atoms with van der Waals surface area (Å²) >= 11 is 0. The molecule has 0 N–H and O–H groups in total. The monoisotopic (exact) mass is 248 g/mol. The molecule has 0 aliphatic carbocycles. The third-order valence-corrected chi connectivity index (χ3v) is 2.26. The lowest BCUT2D eigenvalue weighted by molar-refractivity contribution is 0.0255. The summed E-state index contributed by atoms with van der Waals surface area (Å²) in [6.45, 7) is 4.97. The summed E-state index contributed by atoms with van der Waals surface area (Å²) in [7, 11) is 0. The Kier molecular flexibility index (Phi) is 2.65. The van der Waals surface area contributed by atoms with Crippen LogP contribution in [0.4, 0.5) is 4.79 Å². The van der Waals surface area contributed by atoms with Gasteiger partial charge in [0.1, 0.15) is 5.60 Å². The van der Waals surface area contributed by atoms with Crippen LogP contribution in [0.15, 0.2) is 18.5 Å². The summed E-state index contributed by atoms with van der Waals surface area (Å²) in [6, 6.07) is 1.40. The number of carbonyl (C=O) groups excluding carboxylic acids is 3. The second-order valence-corrected chi connectivity index (χ2v) is 4.85. The molecule has 6 nitrogen and oxygen atoms in total. The van der Waals surface area contributed by atoms with Crippen LogP contribution in [0.2, 0.25) is 0 Å². The fraction of sp³-hybridized carbons (Fsp3) is 0.333. The molecule has 2 heterocycles. The highest BCUT2D eigenvalue weighted by atomic mass is 16.6. The van der Waals surface area contributed by atoms with Crippen molar-refractivity contribution < 1.29 is 19.1 Å². The molecular formula is C12H12N2O4. The van der Waals surface area contributed by atoms with Gasteiger partial charge in [0.25, 0.3) is 11.8 Å². The molecule has 0 spiro atoms. The van der Waals surface area contributed by atoms with E-state index in [9.17, 15) is 14.4 Å². The molecular weight excluding hydrogens is 236 g/mol. The quantitative estimate of drug-likeness (QED) is 0.652. The van der Waals surface area contributed by atoms with Crippen LogP contribution < -0.4 is 0 Å². The zero-order valence-corrected chi connectivity index (χ0v) is 10.3. The van der Waals surface area contributed by atoms with Crippen molar-refractivity contribution in [1.29, 1.82) is 0 Å². The van der Waals surface area contributed by atoms with E-state index < -0.39 is 23.5 Å². The van der Waals surface area contributed by atoms with Crippen LogP contribution >= 0.6 is 0 Å². The molecule has 18 heavy (non-hydrogen) atoms. The molecule has 0 aromatic carbocycles. The van der Waals surface area contributed by atoms with Gasteiger partial charge in [-0.2, -0.15) is 4.90 Å². The van der Waals surface area contributed by atoms with Gasteiger partial charge in [0.2, 0.25) is 0 Å². The first-order valence-electron chi connectivity index (χ1n) is 5.37. The van der Waals surface area contributed by atoms with Gasteiger partial charge >= 0.3 is 6.09 Å². The van der Waals surface area contributed by atoms with Crippen LogP contribution in [0.3, 0.4) is 0 Å². The molecule has 1 aliphatic rings. The predicted molar refractivity (Wildman–Crippen MR) is 61.0 cm³/mol. The third kappa shape index (κ3) is 1.97. The maximum atomic E-state index is 11.9. The van der Waals surface area contributed by atoms with Crippen LogP contribution in [0.5, 0.6) is 0 Å². The largest absolute Gasteiger partial charge is 0.443 e. The Morgan fingerprint density at radius 3 is 2.39 bits per heavy atom. The average molecular weight is 248 g/mol. The fourth-order valence-corrected chi connectivity index (χ4v) is 1.56. The van der Waals surface area contributed by atoms with Gasteiger partial charge in [0.05, 0.1) is 11.1 Å². The van der Waals surface area contributed by atoms with Gasteiger partial charge in [0.15, 0.2) is 0 Å². The number of pyridine rings is 1. The number of aromatic nitrogens is 1. The molecule has 1 aromatic rings. The first-order valence-corrected chi connectivity index (χ1v) is 5.37. The first kappa shape index (κ1) is 12.2. The lowest BCUT2D eigenvalue weighted by Gasteiger charge is -2.22. The van der Waals surface area contributed by atoms with E-state index in [1.54, 1.807) is 20.8 Å². The van der Waals surface area contributed by atoms with Gasteiger partial charge in [-0.25, -0.2) is 4.79 Å². The SMILES string of the molecule is CC(C)(C)OC(=O)N1C(=O)c2ccncc2C1=O. The molecule has 1 aromatic heterocycles. The number of ether oxygens (including phenoxy) is 1. The van der Waals surface area contributed by atoms with Gasteiger partial charge in [0, 0.05) is 12.4 Å². The topological polar surface area (TPSA) is 76.6 Å². The number of amides is 3. The van der Waals surface area contributed by atoms with E-state index in [4.69, 9.17) is 4.74 Å². The van der Waals surface area contributed by atoms with E-state index in [1.807, 2.05) is 0 Å². The normalized spacial score (nSPS) is 14.7. The number of hydrogen-bond donors (Lipinski definition) is 0. The predicted octanol–water partition coefficient (Wildman–Crippen LogP) is 1.61. The van der Waals surface area contributed by atoms with Gasteiger partial charge in [-0.15, -0.1) is 0 Å². The first-order chi connectivity index (χ1) is 8.31. The van der Waals surface area contributed by atoms with Gasteiger partial charge in [-0.05, 0) is 26.8 Å². The molecule has 2 rings (SSSR count). The molecule has 1 aliphatic heterocycles. The minimum atomic E-state index is -0.964. The highest BCUT2D eigenvalue weighted by molar-refractivity contribution is 6.27. The van der Waals surface area contributed by atoms with Crippen molar-refractivity contribution in [2.24, 2.45) is 0 Å². The van der Waals surface area contributed by atoms with E-state index in [0.717, 1.165) is 0 Å². The van der Waals surface area contributed by atoms with Crippen molar-refractivity contribution in [1.82, 2.24) is 9.88 Å². The number of rotatable bonds is 0. The minimum absolute atomic E-state index is 0.119. The lowest BCUT2D eigenvalue weighted by Crippen LogP contribution is -2.40. The van der Waals surface area contributed by atoms with Crippen molar-refractivity contribution in [3.63, 3.8) is 0 Å². The molecule has 0 radical (unpaired) electrons. The fourth-order valence-electron chi connectivity index (χ4n) is 1.56. The van der Waals surface area contributed by atoms with E-state index >= 15 is 0 Å². The van der Waals surface area contributed by atoms with Crippen LogP contribution in [0, 0.1) is 0 Å². The lowest BCUT2D eigenvalue weighted by atomic mass is 10.2. The van der Waals surface area contributed by atoms with Crippen LogP contribution in [-0.4, -0.2) is 33.4 Å². The van der Waals surface area contributed by atoms with Crippen molar-refractivity contribution in [2.45, 2.75) is 26.4 Å². The highest BCUT2D eigenvalue weighted by Gasteiger charge is 2.42. The number of nitrogens with zero attached hydrogens (tertiary/aromatic N) is 2. The van der Waals surface area contributed by atoms with Crippen molar-refractivity contribution in [3.8, 4) is 0 Å². The Bertz CT molecular complexity index is 510. The molecule has 0 atom stereocenters. The Labute approximate surface area is 104 Å². The van der Waals surface area contributed by atoms with Crippen molar-refractivity contribution >= 4 is 17.9 Å². The van der Waals surface area contributed by atoms with E-state index in [2.05, 4.69) is 4.98 Å². The van der Waals surface area contributed by atoms with Crippen molar-refractivity contribution in [3.05, 3.63) is 29.6 Å².